The third-order valence-corrected chi connectivity index (χ3v) is 8.93. The van der Waals surface area contributed by atoms with Crippen LogP contribution in [0.25, 0.3) is 11.1 Å². The molecule has 0 aliphatic carbocycles. The van der Waals surface area contributed by atoms with E-state index in [4.69, 9.17) is 11.6 Å². The molecule has 0 aromatic heterocycles. The van der Waals surface area contributed by atoms with Gasteiger partial charge in [-0.3, -0.25) is 4.21 Å². The lowest BCUT2D eigenvalue weighted by molar-refractivity contribution is 0.127. The predicted molar refractivity (Wildman–Crippen MR) is 130 cm³/mol. The van der Waals surface area contributed by atoms with E-state index in [2.05, 4.69) is 25.7 Å². The Balaban J connectivity index is 1.84. The summed E-state index contributed by atoms with van der Waals surface area (Å²) in [4.78, 5) is 16.5. The fourth-order valence-corrected chi connectivity index (χ4v) is 7.49. The second-order valence-electron chi connectivity index (χ2n) is 10.2. The number of fused-ring (bicyclic) bond motifs is 3. The molecule has 3 heterocycles. The molecule has 3 aliphatic heterocycles. The molecule has 1 unspecified atom stereocenters. The molecule has 3 aliphatic rings. The van der Waals surface area contributed by atoms with Gasteiger partial charge in [0.05, 0.1) is 26.4 Å². The Morgan fingerprint density at radius 1 is 1.21 bits per heavy atom. The maximum absolute atomic E-state index is 13.9. The molecule has 1 saturated heterocycles. The number of likely N-dealkylation sites (tertiary alicyclic amines) is 1. The molecule has 0 radical (unpaired) electrons. The van der Waals surface area contributed by atoms with E-state index < -0.39 is 22.7 Å². The number of amides is 1. The van der Waals surface area contributed by atoms with Crippen LogP contribution in [0.5, 0.6) is 0 Å². The number of halogens is 2. The summed E-state index contributed by atoms with van der Waals surface area (Å²) in [5, 5.41) is 10.0. The largest absolute Gasteiger partial charge is 0.465 e. The van der Waals surface area contributed by atoms with Crippen LogP contribution in [0.2, 0.25) is 5.02 Å². The Labute approximate surface area is 201 Å². The van der Waals surface area contributed by atoms with Gasteiger partial charge in [-0.25, -0.2) is 9.18 Å². The lowest BCUT2D eigenvalue weighted by Crippen LogP contribution is -2.48. The van der Waals surface area contributed by atoms with Gasteiger partial charge in [0, 0.05) is 42.9 Å². The molecule has 5 nitrogen and oxygen atoms in total. The van der Waals surface area contributed by atoms with Gasteiger partial charge in [0.25, 0.3) is 0 Å². The average Bonchev–Trinajstić information content (AvgIpc) is 2.95. The van der Waals surface area contributed by atoms with E-state index in [1.54, 1.807) is 6.07 Å². The molecular weight excluding hydrogens is 463 g/mol. The number of hydrogen-bond acceptors (Lipinski definition) is 3. The topological polar surface area (TPSA) is 60.9 Å². The van der Waals surface area contributed by atoms with E-state index in [1.807, 2.05) is 6.07 Å². The Morgan fingerprint density at radius 2 is 1.97 bits per heavy atom. The number of anilines is 1. The summed E-state index contributed by atoms with van der Waals surface area (Å²) >= 11 is 6.53. The highest BCUT2D eigenvalue weighted by molar-refractivity contribution is 7.85. The van der Waals surface area contributed by atoms with E-state index in [0.717, 1.165) is 46.7 Å². The summed E-state index contributed by atoms with van der Waals surface area (Å²) in [6.45, 7) is 8.14. The number of benzene rings is 2. The van der Waals surface area contributed by atoms with Crippen LogP contribution in [0.3, 0.4) is 0 Å². The van der Waals surface area contributed by atoms with Crippen LogP contribution >= 0.6 is 11.6 Å². The van der Waals surface area contributed by atoms with Crippen LogP contribution in [0, 0.1) is 5.82 Å². The molecule has 2 aromatic carbocycles. The summed E-state index contributed by atoms with van der Waals surface area (Å²) in [5.74, 6) is 0.180. The van der Waals surface area contributed by atoms with Crippen LogP contribution in [-0.2, 0) is 16.2 Å². The molecule has 0 bridgehead atoms. The number of carbonyl (C=O) groups is 1. The van der Waals surface area contributed by atoms with E-state index in [0.29, 0.717) is 29.4 Å². The lowest BCUT2D eigenvalue weighted by Gasteiger charge is -2.38. The minimum atomic E-state index is -1.17. The predicted octanol–water partition coefficient (Wildman–Crippen LogP) is 5.61. The molecule has 1 N–H and O–H groups in total. The Hall–Kier alpha value is -2.12. The lowest BCUT2D eigenvalue weighted by atomic mass is 9.74. The molecular formula is C25H28ClFN2O3S. The summed E-state index contributed by atoms with van der Waals surface area (Å²) in [6, 6.07) is 6.59. The molecule has 1 fully saturated rings. The van der Waals surface area contributed by atoms with Gasteiger partial charge >= 0.3 is 6.09 Å². The first kappa shape index (κ1) is 22.7. The second-order valence-corrected chi connectivity index (χ2v) is 12.2. The number of carboxylic acid groups (broad SMARTS) is 1. The Morgan fingerprint density at radius 3 is 2.64 bits per heavy atom. The fourth-order valence-electron chi connectivity index (χ4n) is 5.92. The highest BCUT2D eigenvalue weighted by Gasteiger charge is 2.48. The highest BCUT2D eigenvalue weighted by atomic mass is 35.5. The van der Waals surface area contributed by atoms with Crippen molar-refractivity contribution in [1.82, 2.24) is 4.90 Å². The molecule has 33 heavy (non-hydrogen) atoms. The van der Waals surface area contributed by atoms with E-state index in [9.17, 15) is 18.5 Å². The number of rotatable bonds is 1. The average molecular weight is 491 g/mol. The van der Waals surface area contributed by atoms with E-state index in [-0.39, 0.29) is 17.4 Å². The molecule has 0 spiro atoms. The van der Waals surface area contributed by atoms with Gasteiger partial charge < -0.3 is 14.9 Å². The first-order valence-corrected chi connectivity index (χ1v) is 13.1. The maximum atomic E-state index is 13.9. The smallest absolute Gasteiger partial charge is 0.407 e. The van der Waals surface area contributed by atoms with Gasteiger partial charge in [0.15, 0.2) is 0 Å². The minimum absolute atomic E-state index is 0.00732. The van der Waals surface area contributed by atoms with Crippen molar-refractivity contribution in [1.29, 1.82) is 0 Å². The van der Waals surface area contributed by atoms with E-state index >= 15 is 0 Å². The zero-order valence-corrected chi connectivity index (χ0v) is 20.6. The van der Waals surface area contributed by atoms with Crippen molar-refractivity contribution in [2.75, 3.05) is 30.3 Å². The zero-order chi connectivity index (χ0) is 23.7. The molecule has 0 saturated carbocycles. The summed E-state index contributed by atoms with van der Waals surface area (Å²) in [6.07, 6.45) is 0.664. The quantitative estimate of drug-likeness (QED) is 0.564. The van der Waals surface area contributed by atoms with Crippen molar-refractivity contribution < 1.29 is 18.5 Å². The van der Waals surface area contributed by atoms with Gasteiger partial charge in [0.2, 0.25) is 0 Å². The monoisotopic (exact) mass is 490 g/mol. The van der Waals surface area contributed by atoms with E-state index in [1.165, 1.54) is 17.0 Å². The van der Waals surface area contributed by atoms with Gasteiger partial charge in [-0.05, 0) is 59.2 Å². The first-order chi connectivity index (χ1) is 15.6. The fraction of sp³-hybridized carbons (Fsp3) is 0.480. The molecule has 8 heteroatoms. The van der Waals surface area contributed by atoms with Gasteiger partial charge in [0.1, 0.15) is 5.82 Å². The maximum Gasteiger partial charge on any atom is 0.407 e. The molecule has 1 amide bonds. The van der Waals surface area contributed by atoms with Crippen molar-refractivity contribution in [2.45, 2.75) is 55.9 Å². The highest BCUT2D eigenvalue weighted by Crippen LogP contribution is 2.55. The SMILES string of the molecule is CC(C)(C)c1c(-c2ccc(F)cc2Cl)cc2c3c1[C@@H]1CN(C(=O)O)CC[C@@H]1N3CCCS2=O. The van der Waals surface area contributed by atoms with Gasteiger partial charge in [-0.15, -0.1) is 0 Å². The zero-order valence-electron chi connectivity index (χ0n) is 19.0. The Kier molecular flexibility index (Phi) is 5.48. The second kappa shape index (κ2) is 7.98. The van der Waals surface area contributed by atoms with Crippen molar-refractivity contribution in [3.63, 3.8) is 0 Å². The first-order valence-electron chi connectivity index (χ1n) is 11.4. The summed E-state index contributed by atoms with van der Waals surface area (Å²) < 4.78 is 27.3. The van der Waals surface area contributed by atoms with Crippen molar-refractivity contribution in [3.05, 3.63) is 46.2 Å². The van der Waals surface area contributed by atoms with Crippen LogP contribution in [-0.4, -0.2) is 51.7 Å². The summed E-state index contributed by atoms with van der Waals surface area (Å²) in [5.41, 5.74) is 4.49. The van der Waals surface area contributed by atoms with Crippen molar-refractivity contribution in [2.24, 2.45) is 0 Å². The van der Waals surface area contributed by atoms with Crippen LogP contribution in [0.1, 0.15) is 50.7 Å². The van der Waals surface area contributed by atoms with Crippen LogP contribution in [0.15, 0.2) is 29.2 Å². The van der Waals surface area contributed by atoms with Gasteiger partial charge in [-0.1, -0.05) is 32.4 Å². The summed E-state index contributed by atoms with van der Waals surface area (Å²) in [7, 11) is -1.17. The standard InChI is InChI=1S/C25H28ClFN2O3S/c1-25(2,3)22-16(15-6-5-14(27)11-18(15)26)12-20-23-21(22)17-13-28(24(30)31)9-7-19(17)29(23)8-4-10-33(20)32/h5-6,11-12,17,19H,4,7-10,13H2,1-3H3,(H,30,31)/t17-,19+,33?/m1/s1. The van der Waals surface area contributed by atoms with Crippen LogP contribution in [0.4, 0.5) is 14.9 Å². The number of nitrogens with zero attached hydrogens (tertiary/aromatic N) is 2. The number of piperidine rings is 1. The third kappa shape index (κ3) is 3.64. The molecule has 3 atom stereocenters. The minimum Gasteiger partial charge on any atom is -0.465 e. The molecule has 2 aromatic rings. The van der Waals surface area contributed by atoms with Crippen molar-refractivity contribution in [3.8, 4) is 11.1 Å². The van der Waals surface area contributed by atoms with Gasteiger partial charge in [-0.2, -0.15) is 0 Å². The normalized spacial score (nSPS) is 24.3. The van der Waals surface area contributed by atoms with Crippen molar-refractivity contribution >= 4 is 34.2 Å². The van der Waals surface area contributed by atoms with Crippen LogP contribution < -0.4 is 4.90 Å². The third-order valence-electron chi connectivity index (χ3n) is 7.15. The molecule has 5 rings (SSSR count). The Bertz CT molecular complexity index is 1180. The number of hydrogen-bond donors (Lipinski definition) is 1. The molecule has 176 valence electrons.